The number of nitrogens with zero attached hydrogens (tertiary/aromatic N) is 1. The van der Waals surface area contributed by atoms with E-state index in [9.17, 15) is 9.59 Å². The van der Waals surface area contributed by atoms with Crippen LogP contribution >= 0.6 is 0 Å². The van der Waals surface area contributed by atoms with E-state index in [2.05, 4.69) is 0 Å². The highest BCUT2D eigenvalue weighted by molar-refractivity contribution is 5.96. The van der Waals surface area contributed by atoms with Crippen molar-refractivity contribution in [3.05, 3.63) is 0 Å². The third-order valence-corrected chi connectivity index (χ3v) is 1.79. The molecule has 12 heavy (non-hydrogen) atoms. The van der Waals surface area contributed by atoms with Crippen LogP contribution in [0.2, 0.25) is 0 Å². The molecule has 0 aliphatic carbocycles. The normalized spacial score (nSPS) is 12.7. The van der Waals surface area contributed by atoms with Gasteiger partial charge in [0, 0.05) is 0 Å². The van der Waals surface area contributed by atoms with E-state index >= 15 is 0 Å². The van der Waals surface area contributed by atoms with E-state index in [1.807, 2.05) is 12.2 Å². The second-order valence-corrected chi connectivity index (χ2v) is 2.60. The molecular weight excluding hydrogens is 158 g/mol. The van der Waals surface area contributed by atoms with E-state index in [0.29, 0.717) is 0 Å². The molecule has 1 atom stereocenters. The molecule has 5 heteroatoms. The van der Waals surface area contributed by atoms with Gasteiger partial charge >= 0.3 is 6.03 Å². The first kappa shape index (κ1) is 10.9. The van der Waals surface area contributed by atoms with Gasteiger partial charge in [-0.25, -0.2) is 4.79 Å². The highest BCUT2D eigenvalue weighted by Gasteiger charge is 2.17. The average molecular weight is 173 g/mol. The Bertz CT molecular complexity index is 181. The number of rotatable bonds is 3. The molecule has 0 aliphatic rings. The maximum Gasteiger partial charge on any atom is 0.318 e. The summed E-state index contributed by atoms with van der Waals surface area (Å²) < 4.78 is 0. The van der Waals surface area contributed by atoms with Crippen molar-refractivity contribution in [1.82, 2.24) is 10.2 Å². The maximum absolute atomic E-state index is 11.1. The summed E-state index contributed by atoms with van der Waals surface area (Å²) in [5, 5.41) is 2.02. The number of urea groups is 1. The summed E-state index contributed by atoms with van der Waals surface area (Å²) in [6.45, 7) is 4.38. The Morgan fingerprint density at radius 2 is 2.08 bits per heavy atom. The van der Waals surface area contributed by atoms with Crippen LogP contribution in [0.4, 0.5) is 4.79 Å². The van der Waals surface area contributed by atoms with Gasteiger partial charge in [-0.05, 0) is 20.5 Å². The van der Waals surface area contributed by atoms with Gasteiger partial charge < -0.3 is 5.73 Å². The van der Waals surface area contributed by atoms with Crippen LogP contribution in [0.25, 0.3) is 0 Å². The molecule has 0 saturated heterocycles. The molecular formula is C7H15N3O2. The molecule has 0 heterocycles. The van der Waals surface area contributed by atoms with Gasteiger partial charge in [-0.1, -0.05) is 6.92 Å². The van der Waals surface area contributed by atoms with Gasteiger partial charge in [0.25, 0.3) is 0 Å². The number of carbonyl (C=O) groups excluding carboxylic acids is 2. The molecule has 5 nitrogen and oxygen atoms in total. The summed E-state index contributed by atoms with van der Waals surface area (Å²) in [5.74, 6) is -0.369. The van der Waals surface area contributed by atoms with E-state index < -0.39 is 6.03 Å². The van der Waals surface area contributed by atoms with Crippen molar-refractivity contribution in [1.29, 1.82) is 0 Å². The summed E-state index contributed by atoms with van der Waals surface area (Å²) in [4.78, 5) is 23.2. The molecule has 0 saturated carbocycles. The third-order valence-electron chi connectivity index (χ3n) is 1.79. The second-order valence-electron chi connectivity index (χ2n) is 2.60. The van der Waals surface area contributed by atoms with Crippen molar-refractivity contribution in [2.24, 2.45) is 5.73 Å². The van der Waals surface area contributed by atoms with Crippen LogP contribution in [-0.2, 0) is 4.79 Å². The van der Waals surface area contributed by atoms with Gasteiger partial charge in [-0.3, -0.25) is 15.0 Å². The predicted octanol–water partition coefficient (Wildman–Crippen LogP) is -0.478. The van der Waals surface area contributed by atoms with Crippen molar-refractivity contribution < 1.29 is 9.59 Å². The zero-order chi connectivity index (χ0) is 9.72. The molecule has 0 aromatic heterocycles. The smallest absolute Gasteiger partial charge is 0.318 e. The number of hydrogen-bond acceptors (Lipinski definition) is 3. The van der Waals surface area contributed by atoms with E-state index in [0.717, 1.165) is 6.54 Å². The Hall–Kier alpha value is -1.10. The lowest BCUT2D eigenvalue weighted by molar-refractivity contribution is -0.124. The lowest BCUT2D eigenvalue weighted by atomic mass is 10.3. The minimum Gasteiger partial charge on any atom is -0.351 e. The van der Waals surface area contributed by atoms with Crippen molar-refractivity contribution in [3.8, 4) is 0 Å². The number of nitrogens with one attached hydrogen (secondary N) is 1. The summed E-state index contributed by atoms with van der Waals surface area (Å²) in [6.07, 6.45) is 0. The number of hydrogen-bond donors (Lipinski definition) is 2. The molecule has 0 rings (SSSR count). The Balaban J connectivity index is 4.01. The summed E-state index contributed by atoms with van der Waals surface area (Å²) in [6, 6.07) is -1.14. The predicted molar refractivity (Wildman–Crippen MR) is 45.5 cm³/mol. The van der Waals surface area contributed by atoms with Gasteiger partial charge in [0.2, 0.25) is 5.91 Å². The zero-order valence-corrected chi connectivity index (χ0v) is 7.63. The standard InChI is InChI=1S/C7H15N3O2/c1-4-10(3)5(2)6(11)9-7(8)12/h5H,4H2,1-3H3,(H3,8,9,11,12). The van der Waals surface area contributed by atoms with Crippen LogP contribution in [0.5, 0.6) is 0 Å². The number of amides is 3. The third kappa shape index (κ3) is 3.34. The highest BCUT2D eigenvalue weighted by atomic mass is 16.2. The molecule has 0 aromatic rings. The Kier molecular flexibility index (Phi) is 4.28. The Morgan fingerprint density at radius 1 is 1.58 bits per heavy atom. The SMILES string of the molecule is CCN(C)C(C)C(=O)NC(N)=O. The minimum atomic E-state index is -0.809. The van der Waals surface area contributed by atoms with Gasteiger partial charge in [0.15, 0.2) is 0 Å². The van der Waals surface area contributed by atoms with Crippen LogP contribution in [-0.4, -0.2) is 36.5 Å². The number of imide groups is 1. The first-order valence-electron chi connectivity index (χ1n) is 3.79. The molecule has 3 amide bonds. The van der Waals surface area contributed by atoms with E-state index in [-0.39, 0.29) is 11.9 Å². The molecule has 3 N–H and O–H groups in total. The average Bonchev–Trinajstić information content (AvgIpc) is 2.00. The van der Waals surface area contributed by atoms with E-state index in [4.69, 9.17) is 5.73 Å². The molecule has 0 spiro atoms. The monoisotopic (exact) mass is 173 g/mol. The lowest BCUT2D eigenvalue weighted by Crippen LogP contribution is -2.46. The maximum atomic E-state index is 11.1. The van der Waals surface area contributed by atoms with E-state index in [1.165, 1.54) is 0 Å². The molecule has 1 unspecified atom stereocenters. The largest absolute Gasteiger partial charge is 0.351 e. The fraction of sp³-hybridized carbons (Fsp3) is 0.714. The van der Waals surface area contributed by atoms with Crippen LogP contribution in [0, 0.1) is 0 Å². The molecule has 0 radical (unpaired) electrons. The zero-order valence-electron chi connectivity index (χ0n) is 7.63. The Morgan fingerprint density at radius 3 is 2.42 bits per heavy atom. The topological polar surface area (TPSA) is 75.4 Å². The fourth-order valence-corrected chi connectivity index (χ4v) is 0.700. The number of carbonyl (C=O) groups is 2. The van der Waals surface area contributed by atoms with Crippen LogP contribution in [0.1, 0.15) is 13.8 Å². The first-order valence-corrected chi connectivity index (χ1v) is 3.79. The second kappa shape index (κ2) is 4.71. The van der Waals surface area contributed by atoms with E-state index in [1.54, 1.807) is 18.9 Å². The highest BCUT2D eigenvalue weighted by Crippen LogP contribution is 1.93. The van der Waals surface area contributed by atoms with Gasteiger partial charge in [-0.15, -0.1) is 0 Å². The minimum absolute atomic E-state index is 0.331. The van der Waals surface area contributed by atoms with Gasteiger partial charge in [-0.2, -0.15) is 0 Å². The Labute approximate surface area is 71.9 Å². The van der Waals surface area contributed by atoms with Crippen LogP contribution in [0.3, 0.4) is 0 Å². The van der Waals surface area contributed by atoms with Crippen LogP contribution in [0.15, 0.2) is 0 Å². The summed E-state index contributed by atoms with van der Waals surface area (Å²) in [5.41, 5.74) is 4.78. The summed E-state index contributed by atoms with van der Waals surface area (Å²) in [7, 11) is 1.80. The molecule has 0 aromatic carbocycles. The van der Waals surface area contributed by atoms with Crippen molar-refractivity contribution in [2.75, 3.05) is 13.6 Å². The molecule has 0 fully saturated rings. The number of likely N-dealkylation sites (N-methyl/N-ethyl adjacent to an activating group) is 1. The summed E-state index contributed by atoms with van der Waals surface area (Å²) >= 11 is 0. The van der Waals surface area contributed by atoms with Gasteiger partial charge in [0.05, 0.1) is 6.04 Å². The molecule has 0 bridgehead atoms. The van der Waals surface area contributed by atoms with Crippen molar-refractivity contribution in [3.63, 3.8) is 0 Å². The van der Waals surface area contributed by atoms with Crippen molar-refractivity contribution in [2.45, 2.75) is 19.9 Å². The lowest BCUT2D eigenvalue weighted by Gasteiger charge is -2.20. The molecule has 0 aliphatic heterocycles. The fourth-order valence-electron chi connectivity index (χ4n) is 0.700. The first-order chi connectivity index (χ1) is 5.49. The molecule has 70 valence electrons. The van der Waals surface area contributed by atoms with Gasteiger partial charge in [0.1, 0.15) is 0 Å². The number of nitrogens with two attached hydrogens (primary N) is 1. The number of primary amides is 1. The van der Waals surface area contributed by atoms with Crippen LogP contribution < -0.4 is 11.1 Å². The van der Waals surface area contributed by atoms with Crippen molar-refractivity contribution >= 4 is 11.9 Å². The quantitative estimate of drug-likeness (QED) is 0.605.